The maximum atomic E-state index is 12.9. The second-order valence-corrected chi connectivity index (χ2v) is 9.91. The molecule has 0 amide bonds. The quantitative estimate of drug-likeness (QED) is 0.369. The Morgan fingerprint density at radius 3 is 2.88 bits per heavy atom. The van der Waals surface area contributed by atoms with Crippen LogP contribution in [0.15, 0.2) is 57.8 Å². The number of ether oxygens (including phenoxy) is 2. The number of hydrogen-bond acceptors (Lipinski definition) is 9. The number of sulfonamides is 1. The Morgan fingerprint density at radius 1 is 1.27 bits per heavy atom. The average molecular weight is 489 g/mol. The van der Waals surface area contributed by atoms with E-state index in [0.29, 0.717) is 55.0 Å². The minimum absolute atomic E-state index is 0.0735. The number of rotatable bonds is 8. The first kappa shape index (κ1) is 23.2. The zero-order valence-corrected chi connectivity index (χ0v) is 19.6. The van der Waals surface area contributed by atoms with Crippen LogP contribution in [0.25, 0.3) is 11.3 Å². The Kier molecular flexibility index (Phi) is 7.23. The summed E-state index contributed by atoms with van der Waals surface area (Å²) in [7, 11) is -3.58. The van der Waals surface area contributed by atoms with Crippen LogP contribution in [0.2, 0.25) is 0 Å². The van der Waals surface area contributed by atoms with E-state index in [2.05, 4.69) is 15.5 Å². The molecule has 1 aliphatic heterocycles. The standard InChI is InChI=1S/C22H24N4O5S2/c1-2-31-21-12-16(6-7-20(21)27)14-23-25-22-24-19(15-32-22)17-4-3-5-18(13-17)33(28,29)26-8-10-30-11-9-26/h3-7,12-15,27H,2,8-11H2,1H3,(H,24,25)/b23-14+. The van der Waals surface area contributed by atoms with E-state index in [1.54, 1.807) is 42.6 Å². The Hall–Kier alpha value is -2.99. The van der Waals surface area contributed by atoms with Gasteiger partial charge < -0.3 is 14.6 Å². The van der Waals surface area contributed by atoms with E-state index in [9.17, 15) is 13.5 Å². The summed E-state index contributed by atoms with van der Waals surface area (Å²) in [5.74, 6) is 0.467. The molecule has 2 aromatic carbocycles. The molecule has 2 heterocycles. The highest BCUT2D eigenvalue weighted by Gasteiger charge is 2.26. The Balaban J connectivity index is 1.46. The van der Waals surface area contributed by atoms with E-state index in [0.717, 1.165) is 5.56 Å². The Morgan fingerprint density at radius 2 is 2.09 bits per heavy atom. The van der Waals surface area contributed by atoms with Crippen molar-refractivity contribution in [3.8, 4) is 22.8 Å². The van der Waals surface area contributed by atoms with Gasteiger partial charge in [-0.3, -0.25) is 5.43 Å². The molecule has 4 rings (SSSR count). The van der Waals surface area contributed by atoms with E-state index < -0.39 is 10.0 Å². The van der Waals surface area contributed by atoms with Crippen LogP contribution >= 0.6 is 11.3 Å². The monoisotopic (exact) mass is 488 g/mol. The number of nitrogens with zero attached hydrogens (tertiary/aromatic N) is 3. The van der Waals surface area contributed by atoms with Gasteiger partial charge in [-0.25, -0.2) is 13.4 Å². The molecule has 1 aliphatic rings. The number of hydrazone groups is 1. The molecule has 9 nitrogen and oxygen atoms in total. The normalized spacial score (nSPS) is 15.1. The van der Waals surface area contributed by atoms with Gasteiger partial charge in [-0.15, -0.1) is 11.3 Å². The number of anilines is 1. The van der Waals surface area contributed by atoms with E-state index in [1.807, 2.05) is 18.4 Å². The van der Waals surface area contributed by atoms with Gasteiger partial charge in [0.2, 0.25) is 15.2 Å². The number of nitrogens with one attached hydrogen (secondary N) is 1. The minimum atomic E-state index is -3.58. The summed E-state index contributed by atoms with van der Waals surface area (Å²) in [6, 6.07) is 11.7. The molecule has 0 radical (unpaired) electrons. The van der Waals surface area contributed by atoms with Crippen LogP contribution in [-0.2, 0) is 14.8 Å². The van der Waals surface area contributed by atoms with Crippen molar-refractivity contribution in [2.45, 2.75) is 11.8 Å². The molecule has 0 spiro atoms. The number of hydrogen-bond donors (Lipinski definition) is 2. The van der Waals surface area contributed by atoms with Crippen molar-refractivity contribution in [2.75, 3.05) is 38.3 Å². The lowest BCUT2D eigenvalue weighted by atomic mass is 10.2. The minimum Gasteiger partial charge on any atom is -0.504 e. The van der Waals surface area contributed by atoms with Crippen LogP contribution in [0.5, 0.6) is 11.5 Å². The summed E-state index contributed by atoms with van der Waals surface area (Å²) >= 11 is 1.36. The summed E-state index contributed by atoms with van der Waals surface area (Å²) in [5, 5.41) is 16.4. The van der Waals surface area contributed by atoms with Crippen molar-refractivity contribution in [2.24, 2.45) is 5.10 Å². The van der Waals surface area contributed by atoms with E-state index in [4.69, 9.17) is 9.47 Å². The number of benzene rings is 2. The highest BCUT2D eigenvalue weighted by molar-refractivity contribution is 7.89. The molecule has 0 bridgehead atoms. The first-order chi connectivity index (χ1) is 16.0. The van der Waals surface area contributed by atoms with Gasteiger partial charge in [-0.05, 0) is 42.8 Å². The molecule has 33 heavy (non-hydrogen) atoms. The number of phenolic OH excluding ortho intramolecular Hbond substituents is 1. The van der Waals surface area contributed by atoms with Gasteiger partial charge in [-0.2, -0.15) is 9.41 Å². The lowest BCUT2D eigenvalue weighted by Gasteiger charge is -2.26. The largest absolute Gasteiger partial charge is 0.504 e. The van der Waals surface area contributed by atoms with Gasteiger partial charge in [0.15, 0.2) is 11.5 Å². The van der Waals surface area contributed by atoms with Gasteiger partial charge in [-0.1, -0.05) is 12.1 Å². The van der Waals surface area contributed by atoms with Crippen LogP contribution < -0.4 is 10.2 Å². The van der Waals surface area contributed by atoms with Crippen molar-refractivity contribution in [3.63, 3.8) is 0 Å². The van der Waals surface area contributed by atoms with Crippen LogP contribution in [-0.4, -0.2) is 61.9 Å². The second-order valence-electron chi connectivity index (χ2n) is 7.11. The number of aromatic hydroxyl groups is 1. The fraction of sp³-hybridized carbons (Fsp3) is 0.273. The molecule has 2 N–H and O–H groups in total. The maximum absolute atomic E-state index is 12.9. The van der Waals surface area contributed by atoms with E-state index in [1.165, 1.54) is 15.6 Å². The molecular weight excluding hydrogens is 464 g/mol. The van der Waals surface area contributed by atoms with Gasteiger partial charge in [0.05, 0.1) is 36.6 Å². The molecule has 0 aliphatic carbocycles. The summed E-state index contributed by atoms with van der Waals surface area (Å²) in [6.45, 7) is 3.79. The third-order valence-corrected chi connectivity index (χ3v) is 7.54. The summed E-state index contributed by atoms with van der Waals surface area (Å²) in [4.78, 5) is 4.74. The fourth-order valence-electron chi connectivity index (χ4n) is 3.25. The molecular formula is C22H24N4O5S2. The lowest BCUT2D eigenvalue weighted by Crippen LogP contribution is -2.40. The molecule has 1 aromatic heterocycles. The van der Waals surface area contributed by atoms with Gasteiger partial charge in [0.25, 0.3) is 0 Å². The highest BCUT2D eigenvalue weighted by atomic mass is 32.2. The van der Waals surface area contributed by atoms with Crippen molar-refractivity contribution in [3.05, 3.63) is 53.4 Å². The van der Waals surface area contributed by atoms with E-state index in [-0.39, 0.29) is 10.6 Å². The summed E-state index contributed by atoms with van der Waals surface area (Å²) in [6.07, 6.45) is 1.60. The van der Waals surface area contributed by atoms with Gasteiger partial charge in [0, 0.05) is 24.0 Å². The van der Waals surface area contributed by atoms with Crippen molar-refractivity contribution < 1.29 is 23.0 Å². The number of morpholine rings is 1. The molecule has 1 saturated heterocycles. The highest BCUT2D eigenvalue weighted by Crippen LogP contribution is 2.28. The molecule has 11 heteroatoms. The van der Waals surface area contributed by atoms with Crippen molar-refractivity contribution in [1.29, 1.82) is 0 Å². The third kappa shape index (κ3) is 5.50. The van der Waals surface area contributed by atoms with Crippen molar-refractivity contribution >= 4 is 32.7 Å². The van der Waals surface area contributed by atoms with Crippen molar-refractivity contribution in [1.82, 2.24) is 9.29 Å². The predicted molar refractivity (Wildman–Crippen MR) is 128 cm³/mol. The average Bonchev–Trinajstić information content (AvgIpc) is 3.31. The predicted octanol–water partition coefficient (Wildman–Crippen LogP) is 3.38. The van der Waals surface area contributed by atoms with Crippen LogP contribution in [0.1, 0.15) is 12.5 Å². The third-order valence-electron chi connectivity index (χ3n) is 4.90. The van der Waals surface area contributed by atoms with E-state index >= 15 is 0 Å². The number of thiazole rings is 1. The second kappa shape index (κ2) is 10.3. The maximum Gasteiger partial charge on any atom is 0.243 e. The summed E-state index contributed by atoms with van der Waals surface area (Å²) < 4.78 is 37.9. The number of aromatic nitrogens is 1. The smallest absolute Gasteiger partial charge is 0.243 e. The molecule has 1 fully saturated rings. The lowest BCUT2D eigenvalue weighted by molar-refractivity contribution is 0.0730. The Labute approximate surface area is 196 Å². The first-order valence-corrected chi connectivity index (χ1v) is 12.7. The topological polar surface area (TPSA) is 113 Å². The molecule has 0 unspecified atom stereocenters. The van der Waals surface area contributed by atoms with Gasteiger partial charge >= 0.3 is 0 Å². The Bertz CT molecular complexity index is 1240. The SMILES string of the molecule is CCOc1cc(/C=N/Nc2nc(-c3cccc(S(=O)(=O)N4CCOCC4)c3)cs2)ccc1O. The first-order valence-electron chi connectivity index (χ1n) is 10.4. The van der Waals surface area contributed by atoms with Gasteiger partial charge in [0.1, 0.15) is 0 Å². The number of phenols is 1. The zero-order valence-electron chi connectivity index (χ0n) is 18.0. The zero-order chi connectivity index (χ0) is 23.3. The van der Waals surface area contributed by atoms with Crippen LogP contribution in [0.4, 0.5) is 5.13 Å². The molecule has 3 aromatic rings. The molecule has 0 saturated carbocycles. The van der Waals surface area contributed by atoms with Crippen LogP contribution in [0, 0.1) is 0 Å². The van der Waals surface area contributed by atoms with Crippen LogP contribution in [0.3, 0.4) is 0 Å². The summed E-state index contributed by atoms with van der Waals surface area (Å²) in [5.41, 5.74) is 4.99. The molecule has 174 valence electrons. The fourth-order valence-corrected chi connectivity index (χ4v) is 5.38. The molecule has 0 atom stereocenters.